The molecule has 104 valence electrons. The van der Waals surface area contributed by atoms with Gasteiger partial charge in [0.25, 0.3) is 0 Å². The Bertz CT molecular complexity index is 284. The Kier molecular flexibility index (Phi) is 3.92. The molecule has 3 nitrogen and oxygen atoms in total. The van der Waals surface area contributed by atoms with Gasteiger partial charge in [-0.1, -0.05) is 12.8 Å². The van der Waals surface area contributed by atoms with Crippen molar-refractivity contribution in [3.05, 3.63) is 0 Å². The molecule has 2 saturated carbocycles. The summed E-state index contributed by atoms with van der Waals surface area (Å²) in [4.78, 5) is 2.55. The number of hydrogen-bond acceptors (Lipinski definition) is 3. The zero-order valence-corrected chi connectivity index (χ0v) is 11.3. The van der Waals surface area contributed by atoms with E-state index in [0.717, 1.165) is 25.8 Å². The van der Waals surface area contributed by atoms with Crippen LogP contribution in [0.15, 0.2) is 0 Å². The first kappa shape index (κ1) is 12.9. The Morgan fingerprint density at radius 3 is 2.11 bits per heavy atom. The summed E-state index contributed by atoms with van der Waals surface area (Å²) in [6.07, 6.45) is 10.2. The lowest BCUT2D eigenvalue weighted by Crippen LogP contribution is -2.49. The molecule has 2 aliphatic carbocycles. The largest absolute Gasteiger partial charge is 0.393 e. The lowest BCUT2D eigenvalue weighted by Gasteiger charge is -2.40. The fourth-order valence-corrected chi connectivity index (χ4v) is 4.58. The van der Waals surface area contributed by atoms with Gasteiger partial charge in [-0.3, -0.25) is 4.90 Å². The van der Waals surface area contributed by atoms with Crippen molar-refractivity contribution in [1.29, 1.82) is 0 Å². The maximum absolute atomic E-state index is 10.3. The lowest BCUT2D eigenvalue weighted by molar-refractivity contribution is -0.00940. The molecule has 0 aromatic heterocycles. The third-order valence-corrected chi connectivity index (χ3v) is 5.49. The zero-order chi connectivity index (χ0) is 12.5. The first-order chi connectivity index (χ1) is 8.77. The average Bonchev–Trinajstić information content (AvgIpc) is 2.98. The number of aliphatic hydroxyl groups excluding tert-OH is 2. The first-order valence-electron chi connectivity index (χ1n) is 7.89. The van der Waals surface area contributed by atoms with Gasteiger partial charge in [0, 0.05) is 18.0 Å². The summed E-state index contributed by atoms with van der Waals surface area (Å²) in [5.74, 6) is 0.467. The number of rotatable bonds is 2. The van der Waals surface area contributed by atoms with Crippen molar-refractivity contribution >= 4 is 0 Å². The molecular formula is C15H27NO2. The van der Waals surface area contributed by atoms with Crippen LogP contribution in [0.3, 0.4) is 0 Å². The van der Waals surface area contributed by atoms with Gasteiger partial charge in [-0.05, 0) is 51.5 Å². The van der Waals surface area contributed by atoms with Gasteiger partial charge in [0.2, 0.25) is 0 Å². The Labute approximate surface area is 110 Å². The molecule has 0 radical (unpaired) electrons. The van der Waals surface area contributed by atoms with E-state index in [2.05, 4.69) is 4.90 Å². The summed E-state index contributed by atoms with van der Waals surface area (Å²) in [5, 5.41) is 20.4. The van der Waals surface area contributed by atoms with Crippen LogP contribution in [0.2, 0.25) is 0 Å². The van der Waals surface area contributed by atoms with Gasteiger partial charge in [-0.2, -0.15) is 0 Å². The molecule has 1 saturated heterocycles. The van der Waals surface area contributed by atoms with E-state index >= 15 is 0 Å². The summed E-state index contributed by atoms with van der Waals surface area (Å²) in [6.45, 7) is 1.13. The smallest absolute Gasteiger partial charge is 0.0695 e. The highest BCUT2D eigenvalue weighted by atomic mass is 16.3. The Balaban J connectivity index is 1.70. The highest BCUT2D eigenvalue weighted by Gasteiger charge is 2.42. The van der Waals surface area contributed by atoms with Crippen molar-refractivity contribution < 1.29 is 10.2 Å². The third kappa shape index (κ3) is 2.33. The molecule has 3 heteroatoms. The van der Waals surface area contributed by atoms with Crippen molar-refractivity contribution in [2.24, 2.45) is 5.92 Å². The van der Waals surface area contributed by atoms with E-state index in [1.165, 1.54) is 38.5 Å². The summed E-state index contributed by atoms with van der Waals surface area (Å²) in [6, 6.07) is 0.921. The second kappa shape index (κ2) is 5.48. The van der Waals surface area contributed by atoms with Crippen LogP contribution in [0.25, 0.3) is 0 Å². The molecule has 0 aromatic rings. The van der Waals surface area contributed by atoms with Crippen LogP contribution in [0.5, 0.6) is 0 Å². The fourth-order valence-electron chi connectivity index (χ4n) is 4.58. The molecular weight excluding hydrogens is 226 g/mol. The van der Waals surface area contributed by atoms with Gasteiger partial charge >= 0.3 is 0 Å². The first-order valence-corrected chi connectivity index (χ1v) is 7.89. The molecule has 0 bridgehead atoms. The molecule has 5 unspecified atom stereocenters. The number of aliphatic hydroxyl groups is 2. The van der Waals surface area contributed by atoms with Crippen LogP contribution in [0.1, 0.15) is 57.8 Å². The summed E-state index contributed by atoms with van der Waals surface area (Å²) in [7, 11) is 0. The minimum Gasteiger partial charge on any atom is -0.393 e. The van der Waals surface area contributed by atoms with Crippen molar-refractivity contribution in [3.8, 4) is 0 Å². The summed E-state index contributed by atoms with van der Waals surface area (Å²) in [5.41, 5.74) is 0. The predicted molar refractivity (Wildman–Crippen MR) is 71.3 cm³/mol. The van der Waals surface area contributed by atoms with Gasteiger partial charge < -0.3 is 10.2 Å². The van der Waals surface area contributed by atoms with Gasteiger partial charge in [0.05, 0.1) is 12.2 Å². The monoisotopic (exact) mass is 253 g/mol. The van der Waals surface area contributed by atoms with E-state index in [4.69, 9.17) is 0 Å². The summed E-state index contributed by atoms with van der Waals surface area (Å²) < 4.78 is 0. The second-order valence-electron chi connectivity index (χ2n) is 6.53. The number of nitrogens with zero attached hydrogens (tertiary/aromatic N) is 1. The molecule has 3 aliphatic rings. The van der Waals surface area contributed by atoms with E-state index in [9.17, 15) is 10.2 Å². The third-order valence-electron chi connectivity index (χ3n) is 5.49. The van der Waals surface area contributed by atoms with E-state index < -0.39 is 0 Å². The topological polar surface area (TPSA) is 43.7 Å². The summed E-state index contributed by atoms with van der Waals surface area (Å²) >= 11 is 0. The van der Waals surface area contributed by atoms with Crippen LogP contribution < -0.4 is 0 Å². The maximum atomic E-state index is 10.3. The van der Waals surface area contributed by atoms with Crippen molar-refractivity contribution in [1.82, 2.24) is 4.90 Å². The van der Waals surface area contributed by atoms with Crippen LogP contribution in [0.4, 0.5) is 0 Å². The number of likely N-dealkylation sites (tertiary alicyclic amines) is 1. The van der Waals surface area contributed by atoms with Crippen molar-refractivity contribution in [3.63, 3.8) is 0 Å². The molecule has 1 aliphatic heterocycles. The average molecular weight is 253 g/mol. The van der Waals surface area contributed by atoms with E-state index in [-0.39, 0.29) is 12.2 Å². The highest BCUT2D eigenvalue weighted by Crippen LogP contribution is 2.38. The van der Waals surface area contributed by atoms with Gasteiger partial charge in [0.15, 0.2) is 0 Å². The SMILES string of the molecule is OC1CCCCC1C1CCCN1C1CCCC1O. The molecule has 0 amide bonds. The molecule has 5 atom stereocenters. The second-order valence-corrected chi connectivity index (χ2v) is 6.53. The van der Waals surface area contributed by atoms with Gasteiger partial charge in [0.1, 0.15) is 0 Å². The molecule has 2 N–H and O–H groups in total. The fraction of sp³-hybridized carbons (Fsp3) is 1.00. The predicted octanol–water partition coefficient (Wildman–Crippen LogP) is 1.92. The van der Waals surface area contributed by atoms with Crippen LogP contribution >= 0.6 is 0 Å². The minimum atomic E-state index is -0.119. The molecule has 1 heterocycles. The number of hydrogen-bond donors (Lipinski definition) is 2. The molecule has 0 aromatic carbocycles. The van der Waals surface area contributed by atoms with Crippen molar-refractivity contribution in [2.45, 2.75) is 82.1 Å². The molecule has 0 spiro atoms. The standard InChI is InChI=1S/C15H27NO2/c17-14-8-2-1-5-11(14)12-7-4-10-16(12)13-6-3-9-15(13)18/h11-15,17-18H,1-10H2. The van der Waals surface area contributed by atoms with E-state index in [0.29, 0.717) is 18.0 Å². The van der Waals surface area contributed by atoms with Crippen molar-refractivity contribution in [2.75, 3.05) is 6.54 Å². The highest BCUT2D eigenvalue weighted by molar-refractivity contribution is 4.96. The zero-order valence-electron chi connectivity index (χ0n) is 11.3. The Morgan fingerprint density at radius 2 is 1.39 bits per heavy atom. The quantitative estimate of drug-likeness (QED) is 0.790. The van der Waals surface area contributed by atoms with E-state index in [1.54, 1.807) is 0 Å². The van der Waals surface area contributed by atoms with Gasteiger partial charge in [-0.25, -0.2) is 0 Å². The maximum Gasteiger partial charge on any atom is 0.0695 e. The molecule has 3 rings (SSSR count). The molecule has 18 heavy (non-hydrogen) atoms. The van der Waals surface area contributed by atoms with Crippen LogP contribution in [0, 0.1) is 5.92 Å². The molecule has 3 fully saturated rings. The van der Waals surface area contributed by atoms with Crippen LogP contribution in [-0.4, -0.2) is 45.9 Å². The Hall–Kier alpha value is -0.120. The minimum absolute atomic E-state index is 0.0945. The van der Waals surface area contributed by atoms with Crippen LogP contribution in [-0.2, 0) is 0 Å². The normalized spacial score (nSPS) is 46.7. The Morgan fingerprint density at radius 1 is 0.667 bits per heavy atom. The van der Waals surface area contributed by atoms with E-state index in [1.807, 2.05) is 0 Å². The lowest BCUT2D eigenvalue weighted by atomic mass is 9.80. The van der Waals surface area contributed by atoms with Gasteiger partial charge in [-0.15, -0.1) is 0 Å².